The number of nitrogens with zero attached hydrogens (tertiary/aromatic N) is 2. The van der Waals surface area contributed by atoms with Crippen molar-refractivity contribution in [2.45, 2.75) is 20.4 Å². The van der Waals surface area contributed by atoms with Crippen molar-refractivity contribution in [1.82, 2.24) is 4.57 Å². The first-order valence-electron chi connectivity index (χ1n) is 6.95. The molecular weight excluding hydrogens is 296 g/mol. The zero-order valence-electron chi connectivity index (χ0n) is 12.5. The zero-order valence-corrected chi connectivity index (χ0v) is 13.3. The highest BCUT2D eigenvalue weighted by Crippen LogP contribution is 2.37. The van der Waals surface area contributed by atoms with E-state index in [1.165, 1.54) is 10.5 Å². The molecule has 0 saturated carbocycles. The molecule has 1 saturated heterocycles. The Kier molecular flexibility index (Phi) is 3.66. The molecule has 112 valence electrons. The summed E-state index contributed by atoms with van der Waals surface area (Å²) in [6, 6.07) is 7.72. The van der Waals surface area contributed by atoms with Crippen LogP contribution < -0.4 is 4.90 Å². The van der Waals surface area contributed by atoms with E-state index in [0.717, 1.165) is 17.4 Å². The van der Waals surface area contributed by atoms with Gasteiger partial charge in [-0.05, 0) is 32.0 Å². The molecule has 0 bridgehead atoms. The fraction of sp³-hybridized carbons (Fsp3) is 0.176. The quantitative estimate of drug-likeness (QED) is 0.626. The van der Waals surface area contributed by atoms with Crippen molar-refractivity contribution in [2.75, 3.05) is 4.90 Å². The molecule has 5 heteroatoms. The molecule has 0 radical (unpaired) electrons. The maximum Gasteiger partial charge on any atom is 0.298 e. The van der Waals surface area contributed by atoms with Crippen molar-refractivity contribution in [3.63, 3.8) is 0 Å². The lowest BCUT2D eigenvalue weighted by molar-refractivity contribution is -0.107. The molecule has 1 aliphatic heterocycles. The summed E-state index contributed by atoms with van der Waals surface area (Å²) in [5, 5.41) is 0.361. The summed E-state index contributed by atoms with van der Waals surface area (Å²) in [6.07, 6.45) is 4.14. The van der Waals surface area contributed by atoms with Crippen LogP contribution in [0, 0.1) is 0 Å². The van der Waals surface area contributed by atoms with Crippen LogP contribution in [-0.4, -0.2) is 14.9 Å². The molecule has 0 atom stereocenters. The van der Waals surface area contributed by atoms with Gasteiger partial charge in [0.05, 0.1) is 16.9 Å². The highest BCUT2D eigenvalue weighted by Gasteiger charge is 2.35. The Morgan fingerprint density at radius 1 is 1.27 bits per heavy atom. The van der Waals surface area contributed by atoms with E-state index in [1.807, 2.05) is 30.5 Å². The number of carbonyl (C=O) groups excluding carboxylic acids is 2. The maximum atomic E-state index is 12.1. The lowest BCUT2D eigenvalue weighted by Gasteiger charge is -2.16. The minimum Gasteiger partial charge on any atom is -0.344 e. The van der Waals surface area contributed by atoms with E-state index in [-0.39, 0.29) is 16.1 Å². The number of thioether (sulfide) groups is 1. The highest BCUT2D eigenvalue weighted by molar-refractivity contribution is 8.27. The number of hydrogen-bond acceptors (Lipinski definition) is 3. The van der Waals surface area contributed by atoms with Crippen LogP contribution in [0.3, 0.4) is 0 Å². The molecule has 4 nitrogen and oxygen atoms in total. The van der Waals surface area contributed by atoms with Crippen LogP contribution in [0.5, 0.6) is 0 Å². The van der Waals surface area contributed by atoms with Crippen molar-refractivity contribution in [2.24, 2.45) is 0 Å². The Morgan fingerprint density at radius 3 is 2.68 bits per heavy atom. The largest absolute Gasteiger partial charge is 0.344 e. The highest BCUT2D eigenvalue weighted by atomic mass is 32.2. The standard InChI is InChI=1S/C17H16N2O2S/c1-11(2)7-9-18-10-8-13-14(18)5-4-6-15(13)19-12(3)16(20)22-17(19)21/h4-8,10H,3,9H2,1-2H3. The second kappa shape index (κ2) is 5.50. The number of anilines is 1. The van der Waals surface area contributed by atoms with Crippen LogP contribution in [0.15, 0.2) is 54.4 Å². The van der Waals surface area contributed by atoms with E-state index in [1.54, 1.807) is 0 Å². The smallest absolute Gasteiger partial charge is 0.298 e. The van der Waals surface area contributed by atoms with Crippen molar-refractivity contribution in [3.8, 4) is 0 Å². The van der Waals surface area contributed by atoms with Crippen LogP contribution in [0.1, 0.15) is 13.8 Å². The Bertz CT molecular complexity index is 828. The molecule has 1 amide bonds. The average Bonchev–Trinajstić information content (AvgIpc) is 2.99. The van der Waals surface area contributed by atoms with Gasteiger partial charge >= 0.3 is 0 Å². The van der Waals surface area contributed by atoms with Crippen LogP contribution in [-0.2, 0) is 11.3 Å². The Balaban J connectivity index is 2.09. The molecule has 22 heavy (non-hydrogen) atoms. The maximum absolute atomic E-state index is 12.1. The molecular formula is C17H16N2O2S. The van der Waals surface area contributed by atoms with Crippen molar-refractivity contribution < 1.29 is 9.59 Å². The third kappa shape index (κ3) is 2.37. The van der Waals surface area contributed by atoms with Crippen LogP contribution in [0.2, 0.25) is 0 Å². The number of fused-ring (bicyclic) bond motifs is 1. The van der Waals surface area contributed by atoms with E-state index in [4.69, 9.17) is 0 Å². The SMILES string of the molecule is C=C1C(=O)SC(=O)N1c1cccc2c1ccn2CC=C(C)C. The summed E-state index contributed by atoms with van der Waals surface area (Å²) in [5.74, 6) is 0. The van der Waals surface area contributed by atoms with Crippen LogP contribution >= 0.6 is 11.8 Å². The normalized spacial score (nSPS) is 15.0. The van der Waals surface area contributed by atoms with Gasteiger partial charge in [-0.1, -0.05) is 24.3 Å². The van der Waals surface area contributed by atoms with Gasteiger partial charge in [-0.3, -0.25) is 14.5 Å². The van der Waals surface area contributed by atoms with E-state index >= 15 is 0 Å². The van der Waals surface area contributed by atoms with Gasteiger partial charge in [-0.2, -0.15) is 0 Å². The number of carbonyl (C=O) groups is 2. The second-order valence-electron chi connectivity index (χ2n) is 5.40. The number of hydrogen-bond donors (Lipinski definition) is 0. The van der Waals surface area contributed by atoms with Gasteiger partial charge in [0, 0.05) is 29.9 Å². The zero-order chi connectivity index (χ0) is 15.9. The van der Waals surface area contributed by atoms with Gasteiger partial charge in [0.1, 0.15) is 0 Å². The Labute approximate surface area is 133 Å². The molecule has 2 heterocycles. The monoisotopic (exact) mass is 312 g/mol. The van der Waals surface area contributed by atoms with Crippen molar-refractivity contribution in [1.29, 1.82) is 0 Å². The van der Waals surface area contributed by atoms with Crippen molar-refractivity contribution >= 4 is 38.7 Å². The van der Waals surface area contributed by atoms with Crippen molar-refractivity contribution in [3.05, 3.63) is 54.4 Å². The number of aromatic nitrogens is 1. The molecule has 0 aliphatic carbocycles. The number of rotatable bonds is 3. The molecule has 0 unspecified atom stereocenters. The minimum absolute atomic E-state index is 0.222. The molecule has 2 aromatic rings. The van der Waals surface area contributed by atoms with Gasteiger partial charge in [0.2, 0.25) is 5.12 Å². The predicted molar refractivity (Wildman–Crippen MR) is 91.0 cm³/mol. The molecule has 1 aromatic heterocycles. The first-order valence-corrected chi connectivity index (χ1v) is 7.77. The summed E-state index contributed by atoms with van der Waals surface area (Å²) in [6.45, 7) is 8.64. The van der Waals surface area contributed by atoms with Gasteiger partial charge in [-0.25, -0.2) is 0 Å². The number of amides is 1. The molecule has 1 aromatic carbocycles. The summed E-state index contributed by atoms with van der Waals surface area (Å²) in [7, 11) is 0. The minimum atomic E-state index is -0.292. The third-order valence-corrected chi connectivity index (χ3v) is 4.37. The van der Waals surface area contributed by atoms with Gasteiger partial charge in [-0.15, -0.1) is 0 Å². The second-order valence-corrected chi connectivity index (χ2v) is 6.32. The van der Waals surface area contributed by atoms with E-state index < -0.39 is 0 Å². The van der Waals surface area contributed by atoms with Gasteiger partial charge in [0.15, 0.2) is 0 Å². The van der Waals surface area contributed by atoms with E-state index in [0.29, 0.717) is 17.4 Å². The summed E-state index contributed by atoms with van der Waals surface area (Å²) >= 11 is 0.693. The summed E-state index contributed by atoms with van der Waals surface area (Å²) < 4.78 is 2.12. The Morgan fingerprint density at radius 2 is 2.05 bits per heavy atom. The molecule has 3 rings (SSSR count). The molecule has 1 aliphatic rings. The lowest BCUT2D eigenvalue weighted by Crippen LogP contribution is -2.20. The lowest BCUT2D eigenvalue weighted by atomic mass is 10.2. The third-order valence-electron chi connectivity index (χ3n) is 3.60. The first kappa shape index (κ1) is 14.7. The van der Waals surface area contributed by atoms with Gasteiger partial charge < -0.3 is 4.57 Å². The van der Waals surface area contributed by atoms with Crippen LogP contribution in [0.4, 0.5) is 10.5 Å². The predicted octanol–water partition coefficient (Wildman–Crippen LogP) is 4.32. The topological polar surface area (TPSA) is 42.3 Å². The van der Waals surface area contributed by atoms with Gasteiger partial charge in [0.25, 0.3) is 5.24 Å². The fourth-order valence-electron chi connectivity index (χ4n) is 2.47. The number of allylic oxidation sites excluding steroid dienone is 2. The molecule has 0 N–H and O–H groups in total. The first-order chi connectivity index (χ1) is 10.5. The Hall–Kier alpha value is -2.27. The average molecular weight is 312 g/mol. The number of benzene rings is 1. The molecule has 1 fully saturated rings. The summed E-state index contributed by atoms with van der Waals surface area (Å²) in [4.78, 5) is 25.1. The summed E-state index contributed by atoms with van der Waals surface area (Å²) in [5.41, 5.74) is 3.21. The van der Waals surface area contributed by atoms with E-state index in [9.17, 15) is 9.59 Å². The van der Waals surface area contributed by atoms with Crippen LogP contribution in [0.25, 0.3) is 10.9 Å². The fourth-order valence-corrected chi connectivity index (χ4v) is 3.14. The molecule has 0 spiro atoms. The van der Waals surface area contributed by atoms with E-state index in [2.05, 4.69) is 31.1 Å².